The molecular weight excluding hydrogens is 320 g/mol. The lowest BCUT2D eigenvalue weighted by Crippen LogP contribution is -2.33. The van der Waals surface area contributed by atoms with E-state index in [4.69, 9.17) is 19.9 Å². The Balaban J connectivity index is 1.65. The largest absolute Gasteiger partial charge is 0.493 e. The Morgan fingerprint density at radius 1 is 1.12 bits per heavy atom. The maximum atomic E-state index is 12.6. The predicted molar refractivity (Wildman–Crippen MR) is 95.2 cm³/mol. The van der Waals surface area contributed by atoms with E-state index >= 15 is 0 Å². The topological polar surface area (TPSA) is 74.0 Å². The molecule has 2 fully saturated rings. The van der Waals surface area contributed by atoms with Crippen LogP contribution < -0.4 is 19.9 Å². The van der Waals surface area contributed by atoms with E-state index in [2.05, 4.69) is 0 Å². The molecule has 6 nitrogen and oxygen atoms in total. The minimum absolute atomic E-state index is 0.193. The van der Waals surface area contributed by atoms with Gasteiger partial charge in [0.05, 0.1) is 21.3 Å². The number of aryl methyl sites for hydroxylation is 1. The number of rotatable bonds is 6. The van der Waals surface area contributed by atoms with Gasteiger partial charge in [0, 0.05) is 25.6 Å². The zero-order valence-corrected chi connectivity index (χ0v) is 15.3. The van der Waals surface area contributed by atoms with Crippen LogP contribution in [0.2, 0.25) is 0 Å². The highest BCUT2D eigenvalue weighted by molar-refractivity contribution is 5.77. The van der Waals surface area contributed by atoms with E-state index in [0.717, 1.165) is 31.5 Å². The third-order valence-electron chi connectivity index (χ3n) is 5.66. The van der Waals surface area contributed by atoms with Gasteiger partial charge in [-0.15, -0.1) is 0 Å². The Bertz CT molecular complexity index is 634. The van der Waals surface area contributed by atoms with Gasteiger partial charge in [0.1, 0.15) is 0 Å². The molecule has 3 rings (SSSR count). The summed E-state index contributed by atoms with van der Waals surface area (Å²) in [4.78, 5) is 14.6. The van der Waals surface area contributed by atoms with Gasteiger partial charge >= 0.3 is 0 Å². The fourth-order valence-corrected chi connectivity index (χ4v) is 4.27. The molecule has 0 bridgehead atoms. The molecule has 1 amide bonds. The van der Waals surface area contributed by atoms with Gasteiger partial charge in [0.15, 0.2) is 11.5 Å². The lowest BCUT2D eigenvalue weighted by molar-refractivity contribution is -0.130. The van der Waals surface area contributed by atoms with Crippen molar-refractivity contribution in [2.45, 2.75) is 31.7 Å². The van der Waals surface area contributed by atoms with Gasteiger partial charge in [0.2, 0.25) is 11.7 Å². The Morgan fingerprint density at radius 2 is 1.88 bits per heavy atom. The first-order chi connectivity index (χ1) is 12.1. The second kappa shape index (κ2) is 7.52. The van der Waals surface area contributed by atoms with Gasteiger partial charge in [-0.1, -0.05) is 6.07 Å². The van der Waals surface area contributed by atoms with Crippen LogP contribution in [-0.4, -0.2) is 51.3 Å². The van der Waals surface area contributed by atoms with Gasteiger partial charge in [-0.3, -0.25) is 4.79 Å². The van der Waals surface area contributed by atoms with E-state index in [9.17, 15) is 4.79 Å². The molecule has 3 unspecified atom stereocenters. The maximum absolute atomic E-state index is 12.6. The van der Waals surface area contributed by atoms with Crippen molar-refractivity contribution in [2.75, 3.05) is 34.4 Å². The molecule has 2 N–H and O–H groups in total. The van der Waals surface area contributed by atoms with E-state index in [1.807, 2.05) is 17.0 Å². The van der Waals surface area contributed by atoms with Crippen LogP contribution in [0.4, 0.5) is 0 Å². The minimum Gasteiger partial charge on any atom is -0.493 e. The molecule has 1 aromatic carbocycles. The van der Waals surface area contributed by atoms with Crippen LogP contribution in [-0.2, 0) is 11.2 Å². The quantitative estimate of drug-likeness (QED) is 0.849. The van der Waals surface area contributed by atoms with E-state index in [-0.39, 0.29) is 11.9 Å². The minimum atomic E-state index is 0.193. The average Bonchev–Trinajstić information content (AvgIpc) is 3.20. The summed E-state index contributed by atoms with van der Waals surface area (Å²) in [6.45, 7) is 1.67. The number of methoxy groups -OCH3 is 3. The van der Waals surface area contributed by atoms with Gasteiger partial charge < -0.3 is 24.8 Å². The second-order valence-corrected chi connectivity index (χ2v) is 6.96. The second-order valence-electron chi connectivity index (χ2n) is 6.96. The molecule has 1 aromatic rings. The average molecular weight is 348 g/mol. The SMILES string of the molecule is COc1ccc(CCC(=O)N2CC3CCC(N)C3C2)c(OC)c1OC. The number of amides is 1. The molecule has 6 heteroatoms. The maximum Gasteiger partial charge on any atom is 0.222 e. The fourth-order valence-electron chi connectivity index (χ4n) is 4.27. The molecule has 3 atom stereocenters. The number of fused-ring (bicyclic) bond motifs is 1. The molecule has 0 spiro atoms. The summed E-state index contributed by atoms with van der Waals surface area (Å²) < 4.78 is 16.2. The first kappa shape index (κ1) is 17.9. The van der Waals surface area contributed by atoms with Crippen molar-refractivity contribution in [3.63, 3.8) is 0 Å². The zero-order chi connectivity index (χ0) is 18.0. The predicted octanol–water partition coefficient (Wildman–Crippen LogP) is 1.84. The molecule has 25 heavy (non-hydrogen) atoms. The van der Waals surface area contributed by atoms with Crippen molar-refractivity contribution in [1.29, 1.82) is 0 Å². The first-order valence-electron chi connectivity index (χ1n) is 8.90. The van der Waals surface area contributed by atoms with Crippen LogP contribution in [0, 0.1) is 11.8 Å². The van der Waals surface area contributed by atoms with Crippen LogP contribution in [0.1, 0.15) is 24.8 Å². The highest BCUT2D eigenvalue weighted by atomic mass is 16.5. The smallest absolute Gasteiger partial charge is 0.222 e. The Labute approximate surface area is 149 Å². The summed E-state index contributed by atoms with van der Waals surface area (Å²) in [7, 11) is 4.78. The number of carbonyl (C=O) groups is 1. The lowest BCUT2D eigenvalue weighted by atomic mass is 9.98. The molecule has 0 aromatic heterocycles. The summed E-state index contributed by atoms with van der Waals surface area (Å²) in [6.07, 6.45) is 3.32. The normalized spacial score (nSPS) is 25.0. The first-order valence-corrected chi connectivity index (χ1v) is 8.90. The molecule has 1 saturated heterocycles. The fraction of sp³-hybridized carbons (Fsp3) is 0.632. The summed E-state index contributed by atoms with van der Waals surface area (Å²) in [5.41, 5.74) is 7.11. The number of hydrogen-bond donors (Lipinski definition) is 1. The van der Waals surface area contributed by atoms with E-state index < -0.39 is 0 Å². The third kappa shape index (κ3) is 3.40. The molecule has 1 aliphatic carbocycles. The molecule has 1 aliphatic heterocycles. The molecule has 1 saturated carbocycles. The summed E-state index contributed by atoms with van der Waals surface area (Å²) in [5, 5.41) is 0. The number of carbonyl (C=O) groups excluding carboxylic acids is 1. The summed E-state index contributed by atoms with van der Waals surface area (Å²) in [5.74, 6) is 3.09. The van der Waals surface area contributed by atoms with Crippen LogP contribution in [0.5, 0.6) is 17.2 Å². The van der Waals surface area contributed by atoms with Gasteiger partial charge in [0.25, 0.3) is 0 Å². The summed E-state index contributed by atoms with van der Waals surface area (Å²) >= 11 is 0. The van der Waals surface area contributed by atoms with Crippen molar-refractivity contribution < 1.29 is 19.0 Å². The van der Waals surface area contributed by atoms with E-state index in [1.165, 1.54) is 0 Å². The van der Waals surface area contributed by atoms with Crippen LogP contribution in [0.3, 0.4) is 0 Å². The molecule has 138 valence electrons. The molecule has 0 radical (unpaired) electrons. The van der Waals surface area contributed by atoms with Gasteiger partial charge in [-0.05, 0) is 42.7 Å². The number of nitrogens with two attached hydrogens (primary N) is 1. The van der Waals surface area contributed by atoms with Crippen molar-refractivity contribution in [3.8, 4) is 17.2 Å². The lowest BCUT2D eigenvalue weighted by Gasteiger charge is -2.20. The molecule has 2 aliphatic rings. The highest BCUT2D eigenvalue weighted by Gasteiger charge is 2.42. The molecule has 1 heterocycles. The Kier molecular flexibility index (Phi) is 5.37. The van der Waals surface area contributed by atoms with Crippen molar-refractivity contribution in [1.82, 2.24) is 4.90 Å². The Morgan fingerprint density at radius 3 is 2.52 bits per heavy atom. The van der Waals surface area contributed by atoms with Crippen molar-refractivity contribution >= 4 is 5.91 Å². The van der Waals surface area contributed by atoms with Crippen LogP contribution in [0.15, 0.2) is 12.1 Å². The van der Waals surface area contributed by atoms with E-state index in [0.29, 0.717) is 41.9 Å². The third-order valence-corrected chi connectivity index (χ3v) is 5.66. The zero-order valence-electron chi connectivity index (χ0n) is 15.3. The molecular formula is C19H28N2O4. The van der Waals surface area contributed by atoms with Crippen molar-refractivity contribution in [2.24, 2.45) is 17.6 Å². The highest BCUT2D eigenvalue weighted by Crippen LogP contribution is 2.41. The standard InChI is InChI=1S/C19H28N2O4/c1-23-16-8-5-12(18(24-2)19(16)25-3)6-9-17(22)21-10-13-4-7-15(20)14(13)11-21/h5,8,13-15H,4,6-7,9-11,20H2,1-3H3. The monoisotopic (exact) mass is 348 g/mol. The van der Waals surface area contributed by atoms with Crippen LogP contribution >= 0.6 is 0 Å². The van der Waals surface area contributed by atoms with Gasteiger partial charge in [-0.25, -0.2) is 0 Å². The number of likely N-dealkylation sites (tertiary alicyclic amines) is 1. The van der Waals surface area contributed by atoms with Gasteiger partial charge in [-0.2, -0.15) is 0 Å². The van der Waals surface area contributed by atoms with Crippen molar-refractivity contribution in [3.05, 3.63) is 17.7 Å². The Hall–Kier alpha value is -1.95. The number of ether oxygens (including phenoxy) is 3. The number of nitrogens with zero attached hydrogens (tertiary/aromatic N) is 1. The number of hydrogen-bond acceptors (Lipinski definition) is 5. The summed E-state index contributed by atoms with van der Waals surface area (Å²) in [6, 6.07) is 4.04. The van der Waals surface area contributed by atoms with E-state index in [1.54, 1.807) is 21.3 Å². The number of benzene rings is 1. The van der Waals surface area contributed by atoms with Crippen LogP contribution in [0.25, 0.3) is 0 Å².